The second-order valence-corrected chi connectivity index (χ2v) is 5.17. The van der Waals surface area contributed by atoms with Crippen molar-refractivity contribution in [3.8, 4) is 0 Å². The van der Waals surface area contributed by atoms with E-state index in [2.05, 4.69) is 0 Å². The molecule has 2 rings (SSSR count). The van der Waals surface area contributed by atoms with Crippen LogP contribution in [0.5, 0.6) is 0 Å². The second-order valence-electron chi connectivity index (χ2n) is 5.17. The Morgan fingerprint density at radius 1 is 1.21 bits per heavy atom. The summed E-state index contributed by atoms with van der Waals surface area (Å²) < 4.78 is 11.5. The highest BCUT2D eigenvalue weighted by Crippen LogP contribution is 2.28. The predicted molar refractivity (Wildman–Crippen MR) is 71.6 cm³/mol. The molecular formula is C15H22O4. The molecule has 1 aliphatic heterocycles. The summed E-state index contributed by atoms with van der Waals surface area (Å²) >= 11 is 0. The van der Waals surface area contributed by atoms with Crippen LogP contribution in [0, 0.1) is 5.92 Å². The van der Waals surface area contributed by atoms with Gasteiger partial charge in [-0.25, -0.2) is 0 Å². The van der Waals surface area contributed by atoms with Crippen molar-refractivity contribution in [1.29, 1.82) is 0 Å². The fraction of sp³-hybridized carbons (Fsp3) is 0.600. The van der Waals surface area contributed by atoms with Crippen LogP contribution >= 0.6 is 0 Å². The smallest absolute Gasteiger partial charge is 0.113 e. The zero-order chi connectivity index (χ0) is 13.8. The molecule has 106 valence electrons. The van der Waals surface area contributed by atoms with E-state index in [9.17, 15) is 10.2 Å². The molecule has 0 radical (unpaired) electrons. The summed E-state index contributed by atoms with van der Waals surface area (Å²) in [5, 5.41) is 19.6. The van der Waals surface area contributed by atoms with Gasteiger partial charge < -0.3 is 19.7 Å². The van der Waals surface area contributed by atoms with E-state index in [0.717, 1.165) is 5.56 Å². The third-order valence-corrected chi connectivity index (χ3v) is 3.84. The molecule has 1 saturated heterocycles. The van der Waals surface area contributed by atoms with Crippen molar-refractivity contribution in [3.63, 3.8) is 0 Å². The highest BCUT2D eigenvalue weighted by atomic mass is 16.6. The third kappa shape index (κ3) is 3.34. The number of aliphatic hydroxyl groups excluding tert-OH is 2. The average molecular weight is 266 g/mol. The maximum Gasteiger partial charge on any atom is 0.113 e. The maximum absolute atomic E-state index is 10.3. The summed E-state index contributed by atoms with van der Waals surface area (Å²) in [4.78, 5) is 0. The number of aliphatic hydroxyl groups is 2. The van der Waals surface area contributed by atoms with E-state index >= 15 is 0 Å². The number of hydrogen-bond donors (Lipinski definition) is 2. The maximum atomic E-state index is 10.3. The monoisotopic (exact) mass is 266 g/mol. The lowest BCUT2D eigenvalue weighted by Crippen LogP contribution is -2.55. The molecule has 5 atom stereocenters. The van der Waals surface area contributed by atoms with Crippen molar-refractivity contribution in [2.75, 3.05) is 6.61 Å². The minimum atomic E-state index is -0.621. The van der Waals surface area contributed by atoms with E-state index in [4.69, 9.17) is 9.47 Å². The van der Waals surface area contributed by atoms with Gasteiger partial charge in [0.05, 0.1) is 25.4 Å². The molecule has 4 nitrogen and oxygen atoms in total. The van der Waals surface area contributed by atoms with Crippen molar-refractivity contribution in [2.24, 2.45) is 5.92 Å². The number of ether oxygens (including phenoxy) is 2. The Morgan fingerprint density at radius 2 is 1.89 bits per heavy atom. The lowest BCUT2D eigenvalue weighted by atomic mass is 9.89. The fourth-order valence-electron chi connectivity index (χ4n) is 2.39. The van der Waals surface area contributed by atoms with Crippen molar-refractivity contribution in [3.05, 3.63) is 35.9 Å². The van der Waals surface area contributed by atoms with Crippen molar-refractivity contribution in [1.82, 2.24) is 0 Å². The first-order valence-electron chi connectivity index (χ1n) is 6.73. The molecule has 0 aliphatic carbocycles. The molecule has 1 heterocycles. The highest BCUT2D eigenvalue weighted by Gasteiger charge is 2.41. The number of hydrogen-bond acceptors (Lipinski definition) is 4. The molecule has 5 unspecified atom stereocenters. The lowest BCUT2D eigenvalue weighted by molar-refractivity contribution is -0.219. The summed E-state index contributed by atoms with van der Waals surface area (Å²) in [6, 6.07) is 9.77. The van der Waals surface area contributed by atoms with E-state index < -0.39 is 18.3 Å². The summed E-state index contributed by atoms with van der Waals surface area (Å²) in [5.74, 6) is -0.0106. The molecule has 19 heavy (non-hydrogen) atoms. The summed E-state index contributed by atoms with van der Waals surface area (Å²) in [7, 11) is 0. The van der Waals surface area contributed by atoms with E-state index in [1.165, 1.54) is 0 Å². The van der Waals surface area contributed by atoms with Crippen LogP contribution in [-0.4, -0.2) is 41.2 Å². The van der Waals surface area contributed by atoms with E-state index in [0.29, 0.717) is 6.61 Å². The SMILES string of the molecule is CC1OC(CO)C(OCc2ccccc2)C(O)C1C. The molecule has 0 aromatic heterocycles. The Morgan fingerprint density at radius 3 is 2.53 bits per heavy atom. The van der Waals surface area contributed by atoms with Gasteiger partial charge in [0.1, 0.15) is 12.2 Å². The Labute approximate surface area is 114 Å². The van der Waals surface area contributed by atoms with Gasteiger partial charge >= 0.3 is 0 Å². The molecule has 1 aromatic rings. The second kappa shape index (κ2) is 6.48. The zero-order valence-corrected chi connectivity index (χ0v) is 11.4. The Balaban J connectivity index is 2.00. The Kier molecular flexibility index (Phi) is 4.93. The van der Waals surface area contributed by atoms with Crippen molar-refractivity contribution < 1.29 is 19.7 Å². The van der Waals surface area contributed by atoms with Gasteiger partial charge in [-0.05, 0) is 12.5 Å². The minimum Gasteiger partial charge on any atom is -0.394 e. The molecule has 1 aliphatic rings. The lowest BCUT2D eigenvalue weighted by Gasteiger charge is -2.42. The van der Waals surface area contributed by atoms with Gasteiger partial charge in [0.2, 0.25) is 0 Å². The van der Waals surface area contributed by atoms with Crippen LogP contribution in [0.2, 0.25) is 0 Å². The number of rotatable bonds is 4. The molecule has 1 aromatic carbocycles. The molecule has 0 bridgehead atoms. The van der Waals surface area contributed by atoms with Crippen LogP contribution in [0.4, 0.5) is 0 Å². The normalized spacial score (nSPS) is 35.3. The fourth-order valence-corrected chi connectivity index (χ4v) is 2.39. The van der Waals surface area contributed by atoms with Crippen LogP contribution in [0.1, 0.15) is 19.4 Å². The van der Waals surface area contributed by atoms with Gasteiger partial charge in [-0.15, -0.1) is 0 Å². The van der Waals surface area contributed by atoms with Gasteiger partial charge in [0.25, 0.3) is 0 Å². The van der Waals surface area contributed by atoms with Crippen LogP contribution in [0.25, 0.3) is 0 Å². The standard InChI is InChI=1S/C15H22O4/c1-10-11(2)19-13(8-16)15(14(10)17)18-9-12-6-4-3-5-7-12/h3-7,10-11,13-17H,8-9H2,1-2H3. The Hall–Kier alpha value is -0.940. The molecule has 0 amide bonds. The van der Waals surface area contributed by atoms with Crippen LogP contribution < -0.4 is 0 Å². The van der Waals surface area contributed by atoms with Gasteiger partial charge in [-0.1, -0.05) is 37.3 Å². The molecule has 4 heteroatoms. The van der Waals surface area contributed by atoms with Crippen LogP contribution in [0.15, 0.2) is 30.3 Å². The van der Waals surface area contributed by atoms with Crippen LogP contribution in [-0.2, 0) is 16.1 Å². The minimum absolute atomic E-state index is 0.0106. The highest BCUT2D eigenvalue weighted by molar-refractivity contribution is 5.13. The average Bonchev–Trinajstić information content (AvgIpc) is 2.44. The summed E-state index contributed by atoms with van der Waals surface area (Å²) in [6.07, 6.45) is -1.66. The van der Waals surface area contributed by atoms with Crippen LogP contribution in [0.3, 0.4) is 0 Å². The first-order valence-corrected chi connectivity index (χ1v) is 6.73. The first-order chi connectivity index (χ1) is 9.13. The summed E-state index contributed by atoms with van der Waals surface area (Å²) in [6.45, 7) is 4.10. The Bertz CT molecular complexity index is 379. The van der Waals surface area contributed by atoms with Gasteiger partial charge in [-0.2, -0.15) is 0 Å². The van der Waals surface area contributed by atoms with E-state index in [1.54, 1.807) is 0 Å². The van der Waals surface area contributed by atoms with Gasteiger partial charge in [-0.3, -0.25) is 0 Å². The van der Waals surface area contributed by atoms with Gasteiger partial charge in [0.15, 0.2) is 0 Å². The van der Waals surface area contributed by atoms with Crippen molar-refractivity contribution >= 4 is 0 Å². The van der Waals surface area contributed by atoms with E-state index in [-0.39, 0.29) is 18.6 Å². The first kappa shape index (κ1) is 14.5. The molecule has 2 N–H and O–H groups in total. The third-order valence-electron chi connectivity index (χ3n) is 3.84. The van der Waals surface area contributed by atoms with Crippen molar-refractivity contribution in [2.45, 2.75) is 44.9 Å². The van der Waals surface area contributed by atoms with E-state index in [1.807, 2.05) is 44.2 Å². The molecule has 1 fully saturated rings. The predicted octanol–water partition coefficient (Wildman–Crippen LogP) is 1.35. The molecule has 0 spiro atoms. The molecular weight excluding hydrogens is 244 g/mol. The molecule has 0 saturated carbocycles. The zero-order valence-electron chi connectivity index (χ0n) is 11.4. The quantitative estimate of drug-likeness (QED) is 0.863. The topological polar surface area (TPSA) is 58.9 Å². The van der Waals surface area contributed by atoms with Gasteiger partial charge in [0, 0.05) is 5.92 Å². The largest absolute Gasteiger partial charge is 0.394 e. The number of benzene rings is 1. The summed E-state index contributed by atoms with van der Waals surface area (Å²) in [5.41, 5.74) is 1.04.